The largest absolute Gasteiger partial charge is 0.469 e. The lowest BCUT2D eigenvalue weighted by Gasteiger charge is -2.12. The van der Waals surface area contributed by atoms with E-state index in [4.69, 9.17) is 9.68 Å². The van der Waals surface area contributed by atoms with Crippen LogP contribution in [0.4, 0.5) is 0 Å². The Morgan fingerprint density at radius 1 is 1.50 bits per heavy atom. The van der Waals surface area contributed by atoms with Crippen molar-refractivity contribution < 1.29 is 4.42 Å². The second-order valence-corrected chi connectivity index (χ2v) is 4.09. The SMILES string of the molecule is CC(CCc1ccco1)NCCCCC#N. The van der Waals surface area contributed by atoms with Gasteiger partial charge >= 0.3 is 0 Å². The molecule has 3 heteroatoms. The Balaban J connectivity index is 1.99. The lowest BCUT2D eigenvalue weighted by Crippen LogP contribution is -2.27. The topological polar surface area (TPSA) is 49.0 Å². The smallest absolute Gasteiger partial charge is 0.103 e. The van der Waals surface area contributed by atoms with Crippen molar-refractivity contribution >= 4 is 0 Å². The molecule has 1 rings (SSSR count). The summed E-state index contributed by atoms with van der Waals surface area (Å²) in [6.45, 7) is 3.19. The molecule has 0 saturated carbocycles. The van der Waals surface area contributed by atoms with Gasteiger partial charge in [0.2, 0.25) is 0 Å². The summed E-state index contributed by atoms with van der Waals surface area (Å²) >= 11 is 0. The molecule has 1 aromatic rings. The molecule has 1 atom stereocenters. The highest BCUT2D eigenvalue weighted by atomic mass is 16.3. The van der Waals surface area contributed by atoms with Crippen molar-refractivity contribution in [3.63, 3.8) is 0 Å². The zero-order chi connectivity index (χ0) is 11.6. The van der Waals surface area contributed by atoms with E-state index in [0.717, 1.165) is 38.0 Å². The highest BCUT2D eigenvalue weighted by Crippen LogP contribution is 2.05. The summed E-state index contributed by atoms with van der Waals surface area (Å²) in [5.41, 5.74) is 0. The van der Waals surface area contributed by atoms with Gasteiger partial charge in [-0.2, -0.15) is 5.26 Å². The summed E-state index contributed by atoms with van der Waals surface area (Å²) < 4.78 is 5.28. The van der Waals surface area contributed by atoms with E-state index in [1.54, 1.807) is 6.26 Å². The lowest BCUT2D eigenvalue weighted by molar-refractivity contribution is 0.456. The first kappa shape index (κ1) is 12.8. The van der Waals surface area contributed by atoms with E-state index in [0.29, 0.717) is 12.5 Å². The fraction of sp³-hybridized carbons (Fsp3) is 0.615. The van der Waals surface area contributed by atoms with E-state index < -0.39 is 0 Å². The third-order valence-corrected chi connectivity index (χ3v) is 2.61. The van der Waals surface area contributed by atoms with Crippen molar-refractivity contribution in [2.75, 3.05) is 6.54 Å². The number of hydrogen-bond acceptors (Lipinski definition) is 3. The van der Waals surface area contributed by atoms with Crippen molar-refractivity contribution in [3.8, 4) is 6.07 Å². The Labute approximate surface area is 97.5 Å². The minimum atomic E-state index is 0.507. The molecule has 16 heavy (non-hydrogen) atoms. The first-order valence-corrected chi connectivity index (χ1v) is 5.95. The minimum absolute atomic E-state index is 0.507. The Kier molecular flexibility index (Phi) is 6.36. The van der Waals surface area contributed by atoms with Crippen molar-refractivity contribution in [2.45, 2.75) is 45.1 Å². The van der Waals surface area contributed by atoms with Crippen LogP contribution in [-0.2, 0) is 6.42 Å². The first-order chi connectivity index (χ1) is 7.83. The van der Waals surface area contributed by atoms with Gasteiger partial charge in [-0.3, -0.25) is 0 Å². The van der Waals surface area contributed by atoms with Gasteiger partial charge < -0.3 is 9.73 Å². The zero-order valence-corrected chi connectivity index (χ0v) is 9.91. The maximum Gasteiger partial charge on any atom is 0.103 e. The molecule has 0 aliphatic carbocycles. The molecule has 1 heterocycles. The number of furan rings is 1. The van der Waals surface area contributed by atoms with Crippen LogP contribution < -0.4 is 5.32 Å². The standard InChI is InChI=1S/C13H20N2O/c1-12(15-10-4-2-3-9-14)7-8-13-6-5-11-16-13/h5-6,11-12,15H,2-4,7-8,10H2,1H3. The van der Waals surface area contributed by atoms with Gasteiger partial charge in [-0.1, -0.05) is 0 Å². The molecule has 1 N–H and O–H groups in total. The molecule has 0 radical (unpaired) electrons. The van der Waals surface area contributed by atoms with E-state index in [-0.39, 0.29) is 0 Å². The molecule has 0 amide bonds. The van der Waals surface area contributed by atoms with E-state index >= 15 is 0 Å². The van der Waals surface area contributed by atoms with Crippen LogP contribution in [-0.4, -0.2) is 12.6 Å². The van der Waals surface area contributed by atoms with Gasteiger partial charge in [-0.25, -0.2) is 0 Å². The number of unbranched alkanes of at least 4 members (excludes halogenated alkanes) is 2. The Hall–Kier alpha value is -1.27. The first-order valence-electron chi connectivity index (χ1n) is 5.95. The highest BCUT2D eigenvalue weighted by Gasteiger charge is 2.02. The molecule has 1 unspecified atom stereocenters. The van der Waals surface area contributed by atoms with Crippen molar-refractivity contribution in [2.24, 2.45) is 0 Å². The molecule has 0 aliphatic heterocycles. The zero-order valence-electron chi connectivity index (χ0n) is 9.91. The molecule has 0 aliphatic rings. The maximum absolute atomic E-state index is 8.38. The normalized spacial score (nSPS) is 12.2. The van der Waals surface area contributed by atoms with Crippen LogP contribution in [0.15, 0.2) is 22.8 Å². The lowest BCUT2D eigenvalue weighted by atomic mass is 10.1. The monoisotopic (exact) mass is 220 g/mol. The molecule has 0 saturated heterocycles. The average molecular weight is 220 g/mol. The molecular weight excluding hydrogens is 200 g/mol. The van der Waals surface area contributed by atoms with Crippen LogP contribution in [0, 0.1) is 11.3 Å². The highest BCUT2D eigenvalue weighted by molar-refractivity contribution is 4.98. The molecule has 0 spiro atoms. The summed E-state index contributed by atoms with van der Waals surface area (Å²) in [5, 5.41) is 11.8. The predicted molar refractivity (Wildman–Crippen MR) is 64.0 cm³/mol. The van der Waals surface area contributed by atoms with Crippen molar-refractivity contribution in [1.82, 2.24) is 5.32 Å². The molecule has 88 valence electrons. The van der Waals surface area contributed by atoms with Crippen LogP contribution in [0.2, 0.25) is 0 Å². The summed E-state index contributed by atoms with van der Waals surface area (Å²) in [5.74, 6) is 1.05. The predicted octanol–water partition coefficient (Wildman–Crippen LogP) is 2.88. The molecule has 0 fully saturated rings. The minimum Gasteiger partial charge on any atom is -0.469 e. The summed E-state index contributed by atoms with van der Waals surface area (Å²) in [6, 6.07) is 6.61. The van der Waals surface area contributed by atoms with Crippen molar-refractivity contribution in [1.29, 1.82) is 5.26 Å². The quantitative estimate of drug-likeness (QED) is 0.685. The van der Waals surface area contributed by atoms with Gasteiger partial charge in [0.15, 0.2) is 0 Å². The van der Waals surface area contributed by atoms with Crippen LogP contribution in [0.3, 0.4) is 0 Å². The van der Waals surface area contributed by atoms with Gasteiger partial charge in [-0.05, 0) is 44.9 Å². The number of nitrogens with one attached hydrogen (secondary N) is 1. The second kappa shape index (κ2) is 7.95. The van der Waals surface area contributed by atoms with Gasteiger partial charge in [0.25, 0.3) is 0 Å². The van der Waals surface area contributed by atoms with E-state index in [1.165, 1.54) is 0 Å². The summed E-state index contributed by atoms with van der Waals surface area (Å²) in [7, 11) is 0. The second-order valence-electron chi connectivity index (χ2n) is 4.09. The van der Waals surface area contributed by atoms with Gasteiger partial charge in [0.05, 0.1) is 12.3 Å². The maximum atomic E-state index is 8.38. The Morgan fingerprint density at radius 2 is 2.38 bits per heavy atom. The van der Waals surface area contributed by atoms with E-state index in [9.17, 15) is 0 Å². The number of rotatable bonds is 8. The van der Waals surface area contributed by atoms with Gasteiger partial charge in [-0.15, -0.1) is 0 Å². The molecule has 0 aromatic carbocycles. The molecule has 1 aromatic heterocycles. The number of hydrogen-bond donors (Lipinski definition) is 1. The van der Waals surface area contributed by atoms with E-state index in [2.05, 4.69) is 18.3 Å². The Morgan fingerprint density at radius 3 is 3.06 bits per heavy atom. The van der Waals surface area contributed by atoms with Gasteiger partial charge in [0.1, 0.15) is 5.76 Å². The number of aryl methyl sites for hydroxylation is 1. The summed E-state index contributed by atoms with van der Waals surface area (Å²) in [6.07, 6.45) is 6.54. The van der Waals surface area contributed by atoms with Crippen LogP contribution >= 0.6 is 0 Å². The van der Waals surface area contributed by atoms with Gasteiger partial charge in [0, 0.05) is 18.9 Å². The summed E-state index contributed by atoms with van der Waals surface area (Å²) in [4.78, 5) is 0. The molecule has 0 bridgehead atoms. The van der Waals surface area contributed by atoms with Crippen LogP contribution in [0.25, 0.3) is 0 Å². The number of nitriles is 1. The van der Waals surface area contributed by atoms with Crippen LogP contribution in [0.1, 0.15) is 38.4 Å². The molecule has 3 nitrogen and oxygen atoms in total. The molecular formula is C13H20N2O. The average Bonchev–Trinajstić information content (AvgIpc) is 2.79. The fourth-order valence-electron chi connectivity index (χ4n) is 1.59. The third-order valence-electron chi connectivity index (χ3n) is 2.61. The Bertz CT molecular complexity index is 300. The van der Waals surface area contributed by atoms with Crippen molar-refractivity contribution in [3.05, 3.63) is 24.2 Å². The number of nitrogens with zero attached hydrogens (tertiary/aromatic N) is 1. The fourth-order valence-corrected chi connectivity index (χ4v) is 1.59. The third kappa shape index (κ3) is 5.57. The van der Waals surface area contributed by atoms with E-state index in [1.807, 2.05) is 12.1 Å². The van der Waals surface area contributed by atoms with Crippen LogP contribution in [0.5, 0.6) is 0 Å².